The van der Waals surface area contributed by atoms with Gasteiger partial charge < -0.3 is 9.84 Å². The highest BCUT2D eigenvalue weighted by Crippen LogP contribution is 2.30. The molecule has 1 saturated carbocycles. The predicted octanol–water partition coefficient (Wildman–Crippen LogP) is 2.08. The standard InChI is InChI=1S/C15H12ClN3O5S/c16-12-7-11(24-14-13(15(20)21)17-19-18-14)4-3-10(12)5-6-25(22,23)8-9-1-2-9/h3-4,7,9H,1-2,8H2,(H,20,21)(H,17,18,19). The number of carboxylic acid groups (broad SMARTS) is 1. The number of halogens is 1. The number of carbonyl (C=O) groups is 1. The van der Waals surface area contributed by atoms with E-state index in [9.17, 15) is 13.2 Å². The number of rotatable bonds is 5. The van der Waals surface area contributed by atoms with E-state index in [0.29, 0.717) is 5.56 Å². The van der Waals surface area contributed by atoms with Gasteiger partial charge in [-0.25, -0.2) is 18.3 Å². The highest BCUT2D eigenvalue weighted by Gasteiger charge is 2.27. The molecule has 0 aliphatic heterocycles. The van der Waals surface area contributed by atoms with E-state index in [2.05, 4.69) is 26.6 Å². The summed E-state index contributed by atoms with van der Waals surface area (Å²) in [4.78, 5) is 11.0. The van der Waals surface area contributed by atoms with E-state index in [0.717, 1.165) is 12.8 Å². The molecule has 0 spiro atoms. The first kappa shape index (κ1) is 17.3. The maximum Gasteiger partial charge on any atom is 0.359 e. The largest absolute Gasteiger partial charge is 0.476 e. The molecule has 1 aromatic carbocycles. The lowest BCUT2D eigenvalue weighted by Gasteiger charge is -2.04. The average Bonchev–Trinajstić information content (AvgIpc) is 3.20. The van der Waals surface area contributed by atoms with Crippen LogP contribution in [0.25, 0.3) is 0 Å². The zero-order valence-electron chi connectivity index (χ0n) is 12.7. The molecule has 10 heteroatoms. The highest BCUT2D eigenvalue weighted by molar-refractivity contribution is 7.96. The second kappa shape index (κ2) is 6.74. The molecule has 1 aliphatic carbocycles. The Bertz CT molecular complexity index is 986. The fourth-order valence-corrected chi connectivity index (χ4v) is 3.49. The van der Waals surface area contributed by atoms with Crippen molar-refractivity contribution in [3.8, 4) is 22.8 Å². The number of benzene rings is 1. The minimum absolute atomic E-state index is 0.0724. The van der Waals surface area contributed by atoms with Crippen molar-refractivity contribution < 1.29 is 23.1 Å². The first-order valence-corrected chi connectivity index (χ1v) is 9.24. The van der Waals surface area contributed by atoms with Crippen LogP contribution in [0, 0.1) is 17.1 Å². The Kier molecular flexibility index (Phi) is 4.65. The Labute approximate surface area is 148 Å². The van der Waals surface area contributed by atoms with Crippen molar-refractivity contribution in [1.29, 1.82) is 0 Å². The van der Waals surface area contributed by atoms with Crippen LogP contribution in [0.3, 0.4) is 0 Å². The number of nitrogens with zero attached hydrogens (tertiary/aromatic N) is 2. The smallest absolute Gasteiger partial charge is 0.359 e. The zero-order valence-corrected chi connectivity index (χ0v) is 14.3. The second-order valence-corrected chi connectivity index (χ2v) is 7.67. The van der Waals surface area contributed by atoms with Gasteiger partial charge in [0.2, 0.25) is 15.5 Å². The number of sulfone groups is 1. The number of aromatic carboxylic acids is 1. The van der Waals surface area contributed by atoms with Crippen molar-refractivity contribution in [2.75, 3.05) is 5.75 Å². The van der Waals surface area contributed by atoms with Crippen molar-refractivity contribution in [2.24, 2.45) is 5.92 Å². The quantitative estimate of drug-likeness (QED) is 0.760. The van der Waals surface area contributed by atoms with E-state index in [1.165, 1.54) is 18.2 Å². The number of hydrogen-bond donors (Lipinski definition) is 2. The topological polar surface area (TPSA) is 122 Å². The van der Waals surface area contributed by atoms with Crippen molar-refractivity contribution in [3.05, 3.63) is 34.5 Å². The predicted molar refractivity (Wildman–Crippen MR) is 88.3 cm³/mol. The van der Waals surface area contributed by atoms with E-state index < -0.39 is 15.8 Å². The minimum Gasteiger partial charge on any atom is -0.476 e. The summed E-state index contributed by atoms with van der Waals surface area (Å²) in [5, 5.41) is 20.5. The fourth-order valence-electron chi connectivity index (χ4n) is 1.97. The molecule has 130 valence electrons. The third kappa shape index (κ3) is 4.49. The summed E-state index contributed by atoms with van der Waals surface area (Å²) in [7, 11) is -3.44. The van der Waals surface area contributed by atoms with Crippen molar-refractivity contribution in [3.63, 3.8) is 0 Å². The molecular weight excluding hydrogens is 370 g/mol. The molecule has 0 bridgehead atoms. The molecule has 0 unspecified atom stereocenters. The molecule has 0 radical (unpaired) electrons. The van der Waals surface area contributed by atoms with E-state index in [1.807, 2.05) is 0 Å². The van der Waals surface area contributed by atoms with Gasteiger partial charge in [0.25, 0.3) is 5.88 Å². The molecular formula is C15H12ClN3O5S. The zero-order chi connectivity index (χ0) is 18.0. The van der Waals surface area contributed by atoms with Crippen LogP contribution in [-0.4, -0.2) is 40.7 Å². The first-order chi connectivity index (χ1) is 11.8. The molecule has 2 aromatic rings. The summed E-state index contributed by atoms with van der Waals surface area (Å²) < 4.78 is 29.0. The van der Waals surface area contributed by atoms with Crippen molar-refractivity contribution in [2.45, 2.75) is 12.8 Å². The lowest BCUT2D eigenvalue weighted by Crippen LogP contribution is -2.04. The second-order valence-electron chi connectivity index (χ2n) is 5.49. The van der Waals surface area contributed by atoms with Crippen molar-refractivity contribution >= 4 is 27.4 Å². The third-order valence-corrected chi connectivity index (χ3v) is 5.01. The van der Waals surface area contributed by atoms with Crippen LogP contribution >= 0.6 is 11.6 Å². The Morgan fingerprint density at radius 2 is 2.20 bits per heavy atom. The molecule has 0 atom stereocenters. The monoisotopic (exact) mass is 381 g/mol. The Balaban J connectivity index is 1.77. The van der Waals surface area contributed by atoms with Crippen LogP contribution in [0.2, 0.25) is 5.02 Å². The van der Waals surface area contributed by atoms with Gasteiger partial charge in [-0.15, -0.1) is 0 Å². The molecule has 1 aromatic heterocycles. The number of carboxylic acids is 1. The summed E-state index contributed by atoms with van der Waals surface area (Å²) in [5.41, 5.74) is 0.0261. The Hall–Kier alpha value is -2.57. The van der Waals surface area contributed by atoms with Crippen LogP contribution in [0.5, 0.6) is 11.6 Å². The van der Waals surface area contributed by atoms with E-state index >= 15 is 0 Å². The molecule has 1 fully saturated rings. The van der Waals surface area contributed by atoms with Crippen LogP contribution in [0.1, 0.15) is 28.9 Å². The van der Waals surface area contributed by atoms with Gasteiger partial charge in [-0.1, -0.05) is 21.9 Å². The van der Waals surface area contributed by atoms with Gasteiger partial charge in [0, 0.05) is 16.9 Å². The first-order valence-electron chi connectivity index (χ1n) is 7.21. The number of nitrogens with one attached hydrogen (secondary N) is 1. The molecule has 0 saturated heterocycles. The summed E-state index contributed by atoms with van der Waals surface area (Å²) in [6.45, 7) is 0. The van der Waals surface area contributed by atoms with Gasteiger partial charge >= 0.3 is 5.97 Å². The minimum atomic E-state index is -3.44. The van der Waals surface area contributed by atoms with Gasteiger partial charge in [-0.3, -0.25) is 0 Å². The van der Waals surface area contributed by atoms with Crippen LogP contribution in [-0.2, 0) is 9.84 Å². The molecule has 0 amide bonds. The van der Waals surface area contributed by atoms with Crippen LogP contribution < -0.4 is 4.74 Å². The molecule has 25 heavy (non-hydrogen) atoms. The van der Waals surface area contributed by atoms with Crippen LogP contribution in [0.4, 0.5) is 0 Å². The normalized spacial score (nSPS) is 13.8. The molecule has 2 N–H and O–H groups in total. The summed E-state index contributed by atoms with van der Waals surface area (Å²) in [6, 6.07) is 4.35. The number of H-pyrrole nitrogens is 1. The van der Waals surface area contributed by atoms with Crippen LogP contribution in [0.15, 0.2) is 18.2 Å². The maximum atomic E-state index is 11.8. The summed E-state index contributed by atoms with van der Waals surface area (Å²) >= 11 is 6.08. The third-order valence-electron chi connectivity index (χ3n) is 3.38. The molecule has 8 nitrogen and oxygen atoms in total. The molecule has 1 aliphatic rings. The van der Waals surface area contributed by atoms with E-state index in [1.54, 1.807) is 0 Å². The molecule has 1 heterocycles. The molecule has 3 rings (SSSR count). The number of ether oxygens (including phenoxy) is 1. The summed E-state index contributed by atoms with van der Waals surface area (Å²) in [6.07, 6.45) is 1.85. The fraction of sp³-hybridized carbons (Fsp3) is 0.267. The van der Waals surface area contributed by atoms with Gasteiger partial charge in [0.05, 0.1) is 10.8 Å². The lowest BCUT2D eigenvalue weighted by molar-refractivity contribution is 0.0687. The summed E-state index contributed by atoms with van der Waals surface area (Å²) in [5.74, 6) is 1.57. The SMILES string of the molecule is O=C(O)c1[nH]nnc1Oc1ccc(C#CS(=O)(=O)CC2CC2)c(Cl)c1. The number of aromatic nitrogens is 3. The van der Waals surface area contributed by atoms with Gasteiger partial charge in [0.1, 0.15) is 5.75 Å². The van der Waals surface area contributed by atoms with Gasteiger partial charge in [0.15, 0.2) is 0 Å². The Morgan fingerprint density at radius 1 is 1.44 bits per heavy atom. The van der Waals surface area contributed by atoms with Crippen molar-refractivity contribution in [1.82, 2.24) is 15.4 Å². The van der Waals surface area contributed by atoms with Gasteiger partial charge in [-0.2, -0.15) is 0 Å². The van der Waals surface area contributed by atoms with Gasteiger partial charge in [-0.05, 0) is 36.8 Å². The lowest BCUT2D eigenvalue weighted by atomic mass is 10.2. The number of hydrogen-bond acceptors (Lipinski definition) is 6. The van der Waals surface area contributed by atoms with E-state index in [-0.39, 0.29) is 34.0 Å². The highest BCUT2D eigenvalue weighted by atomic mass is 35.5. The maximum absolute atomic E-state index is 11.8. The number of aromatic amines is 1. The van der Waals surface area contributed by atoms with E-state index in [4.69, 9.17) is 21.4 Å². The Morgan fingerprint density at radius 3 is 2.84 bits per heavy atom. The average molecular weight is 382 g/mol.